The molecule has 1 aromatic carbocycles. The van der Waals surface area contributed by atoms with E-state index in [4.69, 9.17) is 9.73 Å². The van der Waals surface area contributed by atoms with Crippen molar-refractivity contribution in [3.05, 3.63) is 53.6 Å². The van der Waals surface area contributed by atoms with E-state index in [0.717, 1.165) is 50.9 Å². The van der Waals surface area contributed by atoms with E-state index in [0.29, 0.717) is 18.4 Å². The SMILES string of the molecule is CCNC(=NCc1nccn1CC(C)C)NCC1CCCOC1c1ccc(C)cc1.I. The number of hydrogen-bond donors (Lipinski definition) is 2. The molecule has 172 valence electrons. The maximum absolute atomic E-state index is 6.17. The van der Waals surface area contributed by atoms with Crippen LogP contribution in [0.1, 0.15) is 56.7 Å². The molecule has 0 bridgehead atoms. The zero-order chi connectivity index (χ0) is 21.3. The number of imidazole rings is 1. The molecule has 0 aliphatic carbocycles. The summed E-state index contributed by atoms with van der Waals surface area (Å²) in [5, 5.41) is 6.91. The smallest absolute Gasteiger partial charge is 0.191 e. The molecule has 7 heteroatoms. The van der Waals surface area contributed by atoms with Gasteiger partial charge in [-0.2, -0.15) is 0 Å². The number of ether oxygens (including phenoxy) is 1. The summed E-state index contributed by atoms with van der Waals surface area (Å²) in [6.45, 7) is 12.7. The number of aromatic nitrogens is 2. The first kappa shape index (κ1) is 25.6. The highest BCUT2D eigenvalue weighted by Gasteiger charge is 2.27. The van der Waals surface area contributed by atoms with Crippen molar-refractivity contribution in [2.45, 2.75) is 59.7 Å². The van der Waals surface area contributed by atoms with Crippen molar-refractivity contribution in [2.75, 3.05) is 19.7 Å². The number of aryl methyl sites for hydroxylation is 1. The van der Waals surface area contributed by atoms with Gasteiger partial charge in [0.1, 0.15) is 12.4 Å². The minimum Gasteiger partial charge on any atom is -0.373 e. The van der Waals surface area contributed by atoms with Gasteiger partial charge < -0.3 is 19.9 Å². The van der Waals surface area contributed by atoms with Crippen LogP contribution in [-0.2, 0) is 17.8 Å². The normalized spacial score (nSPS) is 19.2. The summed E-state index contributed by atoms with van der Waals surface area (Å²) in [4.78, 5) is 9.28. The summed E-state index contributed by atoms with van der Waals surface area (Å²) >= 11 is 0. The molecule has 0 saturated carbocycles. The Kier molecular flexibility index (Phi) is 10.8. The van der Waals surface area contributed by atoms with Crippen LogP contribution in [0.5, 0.6) is 0 Å². The number of nitrogens with zero attached hydrogens (tertiary/aromatic N) is 3. The van der Waals surface area contributed by atoms with E-state index in [2.05, 4.69) is 72.1 Å². The molecule has 2 atom stereocenters. The Bertz CT molecular complexity index is 803. The zero-order valence-electron chi connectivity index (χ0n) is 19.3. The lowest BCUT2D eigenvalue weighted by atomic mass is 9.89. The molecular formula is C24H38IN5O. The number of hydrogen-bond acceptors (Lipinski definition) is 3. The summed E-state index contributed by atoms with van der Waals surface area (Å²) in [6, 6.07) is 8.74. The highest BCUT2D eigenvalue weighted by Crippen LogP contribution is 2.33. The van der Waals surface area contributed by atoms with Crippen molar-refractivity contribution >= 4 is 29.9 Å². The third-order valence-corrected chi connectivity index (χ3v) is 5.47. The van der Waals surface area contributed by atoms with Crippen LogP contribution < -0.4 is 10.6 Å². The van der Waals surface area contributed by atoms with E-state index in [-0.39, 0.29) is 30.1 Å². The first-order valence-electron chi connectivity index (χ1n) is 11.3. The van der Waals surface area contributed by atoms with Gasteiger partial charge >= 0.3 is 0 Å². The van der Waals surface area contributed by atoms with Crippen molar-refractivity contribution in [2.24, 2.45) is 16.8 Å². The van der Waals surface area contributed by atoms with Gasteiger partial charge in [-0.1, -0.05) is 43.7 Å². The minimum atomic E-state index is 0. The largest absolute Gasteiger partial charge is 0.373 e. The molecule has 2 aromatic rings. The van der Waals surface area contributed by atoms with Gasteiger partial charge in [0.25, 0.3) is 0 Å². The first-order chi connectivity index (χ1) is 14.6. The molecule has 2 N–H and O–H groups in total. The van der Waals surface area contributed by atoms with Crippen molar-refractivity contribution in [1.82, 2.24) is 20.2 Å². The standard InChI is InChI=1S/C24H37N5O.HI/c1-5-25-24(28-16-22-26-12-13-29(22)17-18(2)3)27-15-21-7-6-14-30-23(21)20-10-8-19(4)9-11-20;/h8-13,18,21,23H,5-7,14-17H2,1-4H3,(H2,25,27,28);1H. The van der Waals surface area contributed by atoms with Crippen LogP contribution in [-0.4, -0.2) is 35.2 Å². The Labute approximate surface area is 204 Å². The van der Waals surface area contributed by atoms with Crippen molar-refractivity contribution in [3.63, 3.8) is 0 Å². The Hall–Kier alpha value is -1.61. The molecule has 6 nitrogen and oxygen atoms in total. The molecule has 0 radical (unpaired) electrons. The monoisotopic (exact) mass is 539 g/mol. The Morgan fingerprint density at radius 3 is 2.74 bits per heavy atom. The van der Waals surface area contributed by atoms with Crippen LogP contribution >= 0.6 is 24.0 Å². The van der Waals surface area contributed by atoms with Crippen LogP contribution in [0.15, 0.2) is 41.7 Å². The fraction of sp³-hybridized carbons (Fsp3) is 0.583. The van der Waals surface area contributed by atoms with Gasteiger partial charge in [0.15, 0.2) is 5.96 Å². The van der Waals surface area contributed by atoms with Crippen LogP contribution in [0.25, 0.3) is 0 Å². The maximum atomic E-state index is 6.17. The van der Waals surface area contributed by atoms with E-state index in [1.807, 2.05) is 12.4 Å². The highest BCUT2D eigenvalue weighted by atomic mass is 127. The molecule has 0 amide bonds. The Balaban J connectivity index is 0.00000341. The third-order valence-electron chi connectivity index (χ3n) is 5.47. The van der Waals surface area contributed by atoms with Gasteiger partial charge in [-0.25, -0.2) is 9.98 Å². The summed E-state index contributed by atoms with van der Waals surface area (Å²) in [5.74, 6) is 2.84. The average molecular weight is 540 g/mol. The fourth-order valence-corrected chi connectivity index (χ4v) is 3.95. The predicted octanol–water partition coefficient (Wildman–Crippen LogP) is 4.69. The van der Waals surface area contributed by atoms with E-state index >= 15 is 0 Å². The summed E-state index contributed by atoms with van der Waals surface area (Å²) < 4.78 is 8.36. The van der Waals surface area contributed by atoms with Crippen LogP contribution in [0.2, 0.25) is 0 Å². The molecule has 1 aliphatic heterocycles. The highest BCUT2D eigenvalue weighted by molar-refractivity contribution is 14.0. The molecule has 1 fully saturated rings. The quantitative estimate of drug-likeness (QED) is 0.290. The van der Waals surface area contributed by atoms with E-state index < -0.39 is 0 Å². The first-order valence-corrected chi connectivity index (χ1v) is 11.3. The van der Waals surface area contributed by atoms with Gasteiger partial charge in [-0.05, 0) is 38.2 Å². The molecule has 0 spiro atoms. The maximum Gasteiger partial charge on any atom is 0.191 e. The molecule has 2 heterocycles. The topological polar surface area (TPSA) is 63.5 Å². The zero-order valence-corrected chi connectivity index (χ0v) is 21.6. The molecule has 2 unspecified atom stereocenters. The third kappa shape index (κ3) is 7.79. The number of nitrogens with one attached hydrogen (secondary N) is 2. The lowest BCUT2D eigenvalue weighted by Gasteiger charge is -2.32. The number of benzene rings is 1. The summed E-state index contributed by atoms with van der Waals surface area (Å²) in [6.07, 6.45) is 6.30. The number of rotatable bonds is 8. The van der Waals surface area contributed by atoms with Crippen LogP contribution in [0.4, 0.5) is 0 Å². The lowest BCUT2D eigenvalue weighted by molar-refractivity contribution is -0.0265. The van der Waals surface area contributed by atoms with Gasteiger partial charge in [0.2, 0.25) is 0 Å². The molecule has 3 rings (SSSR count). The summed E-state index contributed by atoms with van der Waals surface area (Å²) in [5.41, 5.74) is 2.55. The Morgan fingerprint density at radius 2 is 2.03 bits per heavy atom. The van der Waals surface area contributed by atoms with Gasteiger partial charge in [0.05, 0.1) is 6.10 Å². The fourth-order valence-electron chi connectivity index (χ4n) is 3.95. The van der Waals surface area contributed by atoms with E-state index in [1.165, 1.54) is 11.1 Å². The number of aliphatic imine (C=N–C) groups is 1. The van der Waals surface area contributed by atoms with Crippen molar-refractivity contribution < 1.29 is 4.74 Å². The minimum absolute atomic E-state index is 0. The molecule has 31 heavy (non-hydrogen) atoms. The summed E-state index contributed by atoms with van der Waals surface area (Å²) in [7, 11) is 0. The number of halogens is 1. The lowest BCUT2D eigenvalue weighted by Crippen LogP contribution is -2.42. The second-order valence-electron chi connectivity index (χ2n) is 8.57. The predicted molar refractivity (Wildman–Crippen MR) is 138 cm³/mol. The van der Waals surface area contributed by atoms with Crippen molar-refractivity contribution in [1.29, 1.82) is 0 Å². The molecule has 1 saturated heterocycles. The van der Waals surface area contributed by atoms with Crippen LogP contribution in [0, 0.1) is 18.8 Å². The van der Waals surface area contributed by atoms with Gasteiger partial charge in [-0.15, -0.1) is 24.0 Å². The molecule has 1 aromatic heterocycles. The van der Waals surface area contributed by atoms with Crippen molar-refractivity contribution in [3.8, 4) is 0 Å². The van der Waals surface area contributed by atoms with Gasteiger partial charge in [-0.3, -0.25) is 0 Å². The second-order valence-corrected chi connectivity index (χ2v) is 8.57. The molecule has 1 aliphatic rings. The molecular weight excluding hydrogens is 501 g/mol. The number of guanidine groups is 1. The second kappa shape index (κ2) is 13.1. The Morgan fingerprint density at radius 1 is 1.26 bits per heavy atom. The van der Waals surface area contributed by atoms with Crippen LogP contribution in [0.3, 0.4) is 0 Å². The van der Waals surface area contributed by atoms with E-state index in [9.17, 15) is 0 Å². The van der Waals surface area contributed by atoms with Gasteiger partial charge in [0, 0.05) is 44.6 Å². The average Bonchev–Trinajstić information content (AvgIpc) is 3.17. The van der Waals surface area contributed by atoms with E-state index in [1.54, 1.807) is 0 Å².